The summed E-state index contributed by atoms with van der Waals surface area (Å²) in [7, 11) is 0. The lowest BCUT2D eigenvalue weighted by Gasteiger charge is -2.14. The Balaban J connectivity index is 1.55. The molecule has 0 aliphatic carbocycles. The van der Waals surface area contributed by atoms with Crippen molar-refractivity contribution in [3.8, 4) is 5.75 Å². The summed E-state index contributed by atoms with van der Waals surface area (Å²) < 4.78 is 5.83. The SMILES string of the molecule is O=[N+]([O-])C[C@@H](c1ccc(OCc2ccc(Cl)cc2)cc1)c1c[nH]c2ccccc12. The number of rotatable bonds is 7. The van der Waals surface area contributed by atoms with Crippen molar-refractivity contribution >= 4 is 22.5 Å². The van der Waals surface area contributed by atoms with E-state index in [9.17, 15) is 10.1 Å². The molecule has 29 heavy (non-hydrogen) atoms. The number of nitrogens with one attached hydrogen (secondary N) is 1. The van der Waals surface area contributed by atoms with E-state index >= 15 is 0 Å². The first-order valence-corrected chi connectivity index (χ1v) is 9.63. The summed E-state index contributed by atoms with van der Waals surface area (Å²) in [5.41, 5.74) is 3.79. The maximum absolute atomic E-state index is 11.3. The first-order chi connectivity index (χ1) is 14.1. The fraction of sp³-hybridized carbons (Fsp3) is 0.130. The van der Waals surface area contributed by atoms with E-state index in [1.807, 2.05) is 79.0 Å². The molecule has 0 radical (unpaired) electrons. The highest BCUT2D eigenvalue weighted by Crippen LogP contribution is 2.32. The molecule has 4 aromatic rings. The first-order valence-electron chi connectivity index (χ1n) is 9.25. The topological polar surface area (TPSA) is 68.2 Å². The number of para-hydroxylation sites is 1. The van der Waals surface area contributed by atoms with Crippen LogP contribution in [0.3, 0.4) is 0 Å². The zero-order chi connectivity index (χ0) is 20.2. The Hall–Kier alpha value is -3.31. The Morgan fingerprint density at radius 3 is 2.45 bits per heavy atom. The monoisotopic (exact) mass is 406 g/mol. The smallest absolute Gasteiger partial charge is 0.214 e. The average molecular weight is 407 g/mol. The summed E-state index contributed by atoms with van der Waals surface area (Å²) in [6.07, 6.45) is 1.86. The second kappa shape index (κ2) is 8.37. The summed E-state index contributed by atoms with van der Waals surface area (Å²) in [6.45, 7) is 0.254. The number of halogens is 1. The first kappa shape index (κ1) is 19.0. The van der Waals surface area contributed by atoms with Gasteiger partial charge in [-0.2, -0.15) is 0 Å². The van der Waals surface area contributed by atoms with Gasteiger partial charge in [0.2, 0.25) is 6.54 Å². The number of benzene rings is 3. The molecule has 0 aliphatic heterocycles. The van der Waals surface area contributed by atoms with Gasteiger partial charge in [0.1, 0.15) is 12.4 Å². The van der Waals surface area contributed by atoms with E-state index in [1.54, 1.807) is 0 Å². The molecule has 1 heterocycles. The van der Waals surface area contributed by atoms with Gasteiger partial charge in [-0.3, -0.25) is 10.1 Å². The predicted molar refractivity (Wildman–Crippen MR) is 114 cm³/mol. The zero-order valence-electron chi connectivity index (χ0n) is 15.5. The van der Waals surface area contributed by atoms with Gasteiger partial charge in [0.05, 0.1) is 5.92 Å². The maximum Gasteiger partial charge on any atom is 0.214 e. The highest BCUT2D eigenvalue weighted by molar-refractivity contribution is 6.30. The van der Waals surface area contributed by atoms with E-state index in [2.05, 4.69) is 4.98 Å². The van der Waals surface area contributed by atoms with Crippen molar-refractivity contribution < 1.29 is 9.66 Å². The summed E-state index contributed by atoms with van der Waals surface area (Å²) in [5, 5.41) is 13.0. The molecule has 5 nitrogen and oxygen atoms in total. The largest absolute Gasteiger partial charge is 0.489 e. The third kappa shape index (κ3) is 4.41. The minimum absolute atomic E-state index is 0.174. The Bertz CT molecular complexity index is 1120. The maximum atomic E-state index is 11.3. The molecule has 0 saturated carbocycles. The highest BCUT2D eigenvalue weighted by Gasteiger charge is 2.23. The molecule has 0 bridgehead atoms. The van der Waals surface area contributed by atoms with Crippen molar-refractivity contribution in [3.05, 3.63) is 111 Å². The molecule has 1 aromatic heterocycles. The highest BCUT2D eigenvalue weighted by atomic mass is 35.5. The minimum atomic E-state index is -0.341. The summed E-state index contributed by atoms with van der Waals surface area (Å²) >= 11 is 5.90. The van der Waals surface area contributed by atoms with Crippen LogP contribution in [0.1, 0.15) is 22.6 Å². The van der Waals surface area contributed by atoms with Gasteiger partial charge in [-0.05, 0) is 47.0 Å². The fourth-order valence-corrected chi connectivity index (χ4v) is 3.58. The molecule has 3 aromatic carbocycles. The van der Waals surface area contributed by atoms with Crippen LogP contribution in [0, 0.1) is 10.1 Å². The molecule has 0 saturated heterocycles. The lowest BCUT2D eigenvalue weighted by atomic mass is 9.91. The average Bonchev–Trinajstić information content (AvgIpc) is 3.16. The van der Waals surface area contributed by atoms with E-state index in [4.69, 9.17) is 16.3 Å². The van der Waals surface area contributed by atoms with Crippen molar-refractivity contribution in [2.24, 2.45) is 0 Å². The van der Waals surface area contributed by atoms with Crippen LogP contribution in [0.2, 0.25) is 5.02 Å². The number of nitrogens with zero attached hydrogens (tertiary/aromatic N) is 1. The number of aromatic nitrogens is 1. The number of hydrogen-bond donors (Lipinski definition) is 1. The summed E-state index contributed by atoms with van der Waals surface area (Å²) in [4.78, 5) is 14.3. The molecular formula is C23H19ClN2O3. The van der Waals surface area contributed by atoms with Gasteiger partial charge in [-0.1, -0.05) is 54.1 Å². The molecule has 0 aliphatic rings. The fourth-order valence-electron chi connectivity index (χ4n) is 3.46. The predicted octanol–water partition coefficient (Wildman–Crippen LogP) is 5.81. The van der Waals surface area contributed by atoms with E-state index < -0.39 is 0 Å². The third-order valence-corrected chi connectivity index (χ3v) is 5.18. The number of hydrogen-bond acceptors (Lipinski definition) is 3. The normalized spacial score (nSPS) is 12.0. The number of H-pyrrole nitrogens is 1. The minimum Gasteiger partial charge on any atom is -0.489 e. The van der Waals surface area contributed by atoms with Crippen molar-refractivity contribution in [2.45, 2.75) is 12.5 Å². The molecule has 6 heteroatoms. The van der Waals surface area contributed by atoms with Gasteiger partial charge < -0.3 is 9.72 Å². The standard InChI is InChI=1S/C23H19ClN2O3/c24-18-9-5-16(6-10-18)15-29-19-11-7-17(8-12-19)22(14-26(27)28)21-13-25-23-4-2-1-3-20(21)23/h1-13,22,25H,14-15H2/t22-/m0/s1. The lowest BCUT2D eigenvalue weighted by molar-refractivity contribution is -0.481. The van der Waals surface area contributed by atoms with E-state index in [0.717, 1.165) is 27.6 Å². The van der Waals surface area contributed by atoms with Gasteiger partial charge >= 0.3 is 0 Å². The Morgan fingerprint density at radius 2 is 1.72 bits per heavy atom. The molecule has 0 spiro atoms. The number of fused-ring (bicyclic) bond motifs is 1. The van der Waals surface area contributed by atoms with Crippen LogP contribution in [0.15, 0.2) is 79.0 Å². The Labute approximate surface area is 173 Å². The molecule has 0 fully saturated rings. The Kier molecular flexibility index (Phi) is 5.49. The van der Waals surface area contributed by atoms with Crippen LogP contribution >= 0.6 is 11.6 Å². The van der Waals surface area contributed by atoms with Crippen molar-refractivity contribution in [1.29, 1.82) is 0 Å². The van der Waals surface area contributed by atoms with Crippen LogP contribution in [0.4, 0.5) is 0 Å². The molecule has 1 atom stereocenters. The van der Waals surface area contributed by atoms with Gasteiger partial charge in [-0.15, -0.1) is 0 Å². The molecule has 1 N–H and O–H groups in total. The number of nitro groups is 1. The quantitative estimate of drug-likeness (QED) is 0.311. The van der Waals surface area contributed by atoms with Crippen molar-refractivity contribution in [2.75, 3.05) is 6.54 Å². The zero-order valence-corrected chi connectivity index (χ0v) is 16.3. The van der Waals surface area contributed by atoms with Gasteiger partial charge in [0, 0.05) is 27.0 Å². The van der Waals surface area contributed by atoms with E-state index in [-0.39, 0.29) is 17.4 Å². The van der Waals surface area contributed by atoms with Crippen LogP contribution in [0.5, 0.6) is 5.75 Å². The van der Waals surface area contributed by atoms with E-state index in [0.29, 0.717) is 17.4 Å². The Morgan fingerprint density at radius 1 is 1.00 bits per heavy atom. The van der Waals surface area contributed by atoms with Crippen LogP contribution in [-0.2, 0) is 6.61 Å². The molecule has 0 amide bonds. The van der Waals surface area contributed by atoms with Crippen LogP contribution in [0.25, 0.3) is 10.9 Å². The van der Waals surface area contributed by atoms with Crippen molar-refractivity contribution in [3.63, 3.8) is 0 Å². The van der Waals surface area contributed by atoms with E-state index in [1.165, 1.54) is 0 Å². The third-order valence-electron chi connectivity index (χ3n) is 4.93. The van der Waals surface area contributed by atoms with Crippen LogP contribution < -0.4 is 4.74 Å². The number of aromatic amines is 1. The molecule has 4 rings (SSSR count). The second-order valence-electron chi connectivity index (χ2n) is 6.84. The van der Waals surface area contributed by atoms with Crippen LogP contribution in [-0.4, -0.2) is 16.5 Å². The lowest BCUT2D eigenvalue weighted by Crippen LogP contribution is -2.13. The van der Waals surface area contributed by atoms with Crippen molar-refractivity contribution in [1.82, 2.24) is 4.98 Å². The number of ether oxygens (including phenoxy) is 1. The molecular weight excluding hydrogens is 388 g/mol. The summed E-state index contributed by atoms with van der Waals surface area (Å²) in [5.74, 6) is 0.369. The summed E-state index contributed by atoms with van der Waals surface area (Å²) in [6, 6.07) is 22.8. The molecule has 0 unspecified atom stereocenters. The van der Waals surface area contributed by atoms with Gasteiger partial charge in [0.15, 0.2) is 0 Å². The second-order valence-corrected chi connectivity index (χ2v) is 7.28. The molecule has 146 valence electrons. The van der Waals surface area contributed by atoms with Gasteiger partial charge in [-0.25, -0.2) is 0 Å². The van der Waals surface area contributed by atoms with Gasteiger partial charge in [0.25, 0.3) is 0 Å².